The van der Waals surface area contributed by atoms with Gasteiger partial charge in [-0.25, -0.2) is 0 Å². The summed E-state index contributed by atoms with van der Waals surface area (Å²) in [6.45, 7) is 3.50. The third kappa shape index (κ3) is 2.62. The van der Waals surface area contributed by atoms with Crippen molar-refractivity contribution >= 4 is 10.9 Å². The predicted octanol–water partition coefficient (Wildman–Crippen LogP) is 2.03. The van der Waals surface area contributed by atoms with Gasteiger partial charge in [0.05, 0.1) is 6.10 Å². The normalized spacial score (nSPS) is 13.1. The summed E-state index contributed by atoms with van der Waals surface area (Å²) in [5.41, 5.74) is 2.45. The molecule has 0 aliphatic heterocycles. The van der Waals surface area contributed by atoms with Crippen LogP contribution >= 0.6 is 0 Å². The molecule has 86 valence electrons. The van der Waals surface area contributed by atoms with Crippen LogP contribution in [0.25, 0.3) is 10.9 Å². The standard InChI is InChI=1S/C13H18N2O/c1-10(16)6-7-14-8-11-9-15-13-5-3-2-4-12(11)13/h2-5,9-10,14-16H,6-8H2,1H3. The summed E-state index contributed by atoms with van der Waals surface area (Å²) in [4.78, 5) is 3.25. The van der Waals surface area contributed by atoms with Crippen molar-refractivity contribution < 1.29 is 5.11 Å². The van der Waals surface area contributed by atoms with Crippen molar-refractivity contribution in [3.8, 4) is 0 Å². The summed E-state index contributed by atoms with van der Waals surface area (Å²) in [6.07, 6.45) is 2.61. The first-order valence-electron chi connectivity index (χ1n) is 5.71. The van der Waals surface area contributed by atoms with Gasteiger partial charge in [0.25, 0.3) is 0 Å². The highest BCUT2D eigenvalue weighted by Gasteiger charge is 2.02. The van der Waals surface area contributed by atoms with Gasteiger partial charge in [0.2, 0.25) is 0 Å². The fourth-order valence-electron chi connectivity index (χ4n) is 1.81. The van der Waals surface area contributed by atoms with Crippen LogP contribution in [0.1, 0.15) is 18.9 Å². The van der Waals surface area contributed by atoms with Crippen LogP contribution in [0.15, 0.2) is 30.5 Å². The molecule has 0 fully saturated rings. The van der Waals surface area contributed by atoms with Crippen molar-refractivity contribution in [2.24, 2.45) is 0 Å². The van der Waals surface area contributed by atoms with Crippen molar-refractivity contribution in [3.05, 3.63) is 36.0 Å². The van der Waals surface area contributed by atoms with Gasteiger partial charge in [0.1, 0.15) is 0 Å². The molecule has 0 amide bonds. The first kappa shape index (κ1) is 11.2. The van der Waals surface area contributed by atoms with E-state index in [9.17, 15) is 0 Å². The minimum absolute atomic E-state index is 0.226. The summed E-state index contributed by atoms with van der Waals surface area (Å²) in [7, 11) is 0. The van der Waals surface area contributed by atoms with Crippen LogP contribution in [0.4, 0.5) is 0 Å². The molecule has 1 aromatic carbocycles. The van der Waals surface area contributed by atoms with Crippen molar-refractivity contribution in [2.75, 3.05) is 6.54 Å². The van der Waals surface area contributed by atoms with E-state index in [-0.39, 0.29) is 6.10 Å². The zero-order valence-electron chi connectivity index (χ0n) is 9.53. The molecule has 0 saturated carbocycles. The van der Waals surface area contributed by atoms with Gasteiger partial charge in [0.15, 0.2) is 0 Å². The number of rotatable bonds is 5. The monoisotopic (exact) mass is 218 g/mol. The van der Waals surface area contributed by atoms with Crippen LogP contribution in [-0.4, -0.2) is 22.7 Å². The van der Waals surface area contributed by atoms with E-state index in [0.717, 1.165) is 19.5 Å². The summed E-state index contributed by atoms with van der Waals surface area (Å²) in [5, 5.41) is 13.7. The molecule has 3 nitrogen and oxygen atoms in total. The molecule has 1 atom stereocenters. The van der Waals surface area contributed by atoms with Crippen LogP contribution in [0.3, 0.4) is 0 Å². The lowest BCUT2D eigenvalue weighted by Crippen LogP contribution is -2.18. The van der Waals surface area contributed by atoms with Gasteiger partial charge in [-0.2, -0.15) is 0 Å². The molecule has 0 aliphatic carbocycles. The Morgan fingerprint density at radius 2 is 2.19 bits per heavy atom. The summed E-state index contributed by atoms with van der Waals surface area (Å²) in [6, 6.07) is 8.28. The lowest BCUT2D eigenvalue weighted by Gasteiger charge is -2.05. The molecular weight excluding hydrogens is 200 g/mol. The Bertz CT molecular complexity index is 448. The largest absolute Gasteiger partial charge is 0.393 e. The molecule has 0 spiro atoms. The first-order valence-corrected chi connectivity index (χ1v) is 5.71. The van der Waals surface area contributed by atoms with E-state index < -0.39 is 0 Å². The Kier molecular flexibility index (Phi) is 3.59. The number of H-pyrrole nitrogens is 1. The molecule has 1 aromatic heterocycles. The number of fused-ring (bicyclic) bond motifs is 1. The smallest absolute Gasteiger partial charge is 0.0524 e. The summed E-state index contributed by atoms with van der Waals surface area (Å²) >= 11 is 0. The molecule has 1 heterocycles. The van der Waals surface area contributed by atoms with Crippen LogP contribution in [0, 0.1) is 0 Å². The van der Waals surface area contributed by atoms with Crippen molar-refractivity contribution in [1.29, 1.82) is 0 Å². The fraction of sp³-hybridized carbons (Fsp3) is 0.385. The third-order valence-electron chi connectivity index (χ3n) is 2.73. The Labute approximate surface area is 95.5 Å². The maximum atomic E-state index is 9.14. The molecule has 16 heavy (non-hydrogen) atoms. The Morgan fingerprint density at radius 3 is 3.00 bits per heavy atom. The van der Waals surface area contributed by atoms with Crippen molar-refractivity contribution in [2.45, 2.75) is 26.0 Å². The lowest BCUT2D eigenvalue weighted by atomic mass is 10.2. The lowest BCUT2D eigenvalue weighted by molar-refractivity contribution is 0.183. The fourth-order valence-corrected chi connectivity index (χ4v) is 1.81. The van der Waals surface area contributed by atoms with Crippen LogP contribution in [-0.2, 0) is 6.54 Å². The van der Waals surface area contributed by atoms with E-state index in [2.05, 4.69) is 28.5 Å². The Hall–Kier alpha value is -1.32. The minimum Gasteiger partial charge on any atom is -0.393 e. The highest BCUT2D eigenvalue weighted by Crippen LogP contribution is 2.17. The van der Waals surface area contributed by atoms with Crippen LogP contribution < -0.4 is 5.32 Å². The second-order valence-electron chi connectivity index (χ2n) is 4.17. The number of aromatic nitrogens is 1. The number of nitrogens with one attached hydrogen (secondary N) is 2. The molecular formula is C13H18N2O. The molecule has 2 rings (SSSR count). The van der Waals surface area contributed by atoms with Gasteiger partial charge in [-0.15, -0.1) is 0 Å². The second kappa shape index (κ2) is 5.14. The third-order valence-corrected chi connectivity index (χ3v) is 2.73. The summed E-state index contributed by atoms with van der Waals surface area (Å²) in [5.74, 6) is 0. The summed E-state index contributed by atoms with van der Waals surface area (Å²) < 4.78 is 0. The number of hydrogen-bond donors (Lipinski definition) is 3. The van der Waals surface area contributed by atoms with Gasteiger partial charge in [-0.3, -0.25) is 0 Å². The highest BCUT2D eigenvalue weighted by atomic mass is 16.3. The van der Waals surface area contributed by atoms with Gasteiger partial charge in [-0.1, -0.05) is 18.2 Å². The molecule has 0 radical (unpaired) electrons. The first-order chi connectivity index (χ1) is 7.77. The molecule has 3 N–H and O–H groups in total. The highest BCUT2D eigenvalue weighted by molar-refractivity contribution is 5.82. The number of aliphatic hydroxyl groups is 1. The molecule has 1 unspecified atom stereocenters. The van der Waals surface area contributed by atoms with Gasteiger partial charge < -0.3 is 15.4 Å². The molecule has 0 bridgehead atoms. The van der Waals surface area contributed by atoms with E-state index in [1.165, 1.54) is 16.5 Å². The molecule has 0 saturated heterocycles. The Morgan fingerprint density at radius 1 is 1.38 bits per heavy atom. The van der Waals surface area contributed by atoms with E-state index in [0.29, 0.717) is 0 Å². The zero-order valence-corrected chi connectivity index (χ0v) is 9.53. The number of aromatic amines is 1. The molecule has 3 heteroatoms. The van der Waals surface area contributed by atoms with E-state index in [1.807, 2.05) is 19.2 Å². The van der Waals surface area contributed by atoms with Crippen LogP contribution in [0.2, 0.25) is 0 Å². The number of para-hydroxylation sites is 1. The maximum absolute atomic E-state index is 9.14. The number of hydrogen-bond acceptors (Lipinski definition) is 2. The van der Waals surface area contributed by atoms with Crippen molar-refractivity contribution in [1.82, 2.24) is 10.3 Å². The van der Waals surface area contributed by atoms with Gasteiger partial charge >= 0.3 is 0 Å². The average molecular weight is 218 g/mol. The zero-order chi connectivity index (χ0) is 11.4. The van der Waals surface area contributed by atoms with E-state index in [4.69, 9.17) is 5.11 Å². The van der Waals surface area contributed by atoms with Gasteiger partial charge in [-0.05, 0) is 31.5 Å². The van der Waals surface area contributed by atoms with E-state index in [1.54, 1.807) is 0 Å². The maximum Gasteiger partial charge on any atom is 0.0524 e. The number of benzene rings is 1. The van der Waals surface area contributed by atoms with Crippen LogP contribution in [0.5, 0.6) is 0 Å². The van der Waals surface area contributed by atoms with E-state index >= 15 is 0 Å². The SMILES string of the molecule is CC(O)CCNCc1c[nH]c2ccccc12. The second-order valence-corrected chi connectivity index (χ2v) is 4.17. The Balaban J connectivity index is 1.94. The quantitative estimate of drug-likeness (QED) is 0.672. The topological polar surface area (TPSA) is 48.0 Å². The molecule has 2 aromatic rings. The minimum atomic E-state index is -0.226. The average Bonchev–Trinajstić information content (AvgIpc) is 2.68. The number of aliphatic hydroxyl groups excluding tert-OH is 1. The molecule has 0 aliphatic rings. The van der Waals surface area contributed by atoms with Crippen molar-refractivity contribution in [3.63, 3.8) is 0 Å². The van der Waals surface area contributed by atoms with Gasteiger partial charge in [0, 0.05) is 23.6 Å². The predicted molar refractivity (Wildman–Crippen MR) is 66.3 cm³/mol.